The minimum absolute atomic E-state index is 0.0400. The van der Waals surface area contributed by atoms with Crippen LogP contribution >= 0.6 is 0 Å². The van der Waals surface area contributed by atoms with E-state index in [2.05, 4.69) is 20.3 Å². The highest BCUT2D eigenvalue weighted by Gasteiger charge is 2.22. The molecule has 0 radical (unpaired) electrons. The van der Waals surface area contributed by atoms with Crippen molar-refractivity contribution in [3.63, 3.8) is 0 Å². The van der Waals surface area contributed by atoms with E-state index in [0.717, 1.165) is 5.56 Å². The van der Waals surface area contributed by atoms with Gasteiger partial charge in [0.2, 0.25) is 21.8 Å². The number of rotatable bonds is 10. The maximum Gasteiger partial charge on any atom is 0.242 e. The van der Waals surface area contributed by atoms with Crippen LogP contribution in [0.3, 0.4) is 0 Å². The summed E-state index contributed by atoms with van der Waals surface area (Å²) in [5.74, 6) is 0.0463. The molecule has 0 aliphatic rings. The maximum absolute atomic E-state index is 12.7. The Labute approximate surface area is 203 Å². The number of pyridine rings is 1. The van der Waals surface area contributed by atoms with Crippen LogP contribution in [0.5, 0.6) is 11.5 Å². The van der Waals surface area contributed by atoms with Gasteiger partial charge in [0.15, 0.2) is 11.5 Å². The monoisotopic (exact) mass is 498 g/mol. The van der Waals surface area contributed by atoms with E-state index in [1.54, 1.807) is 36.7 Å². The number of anilines is 2. The Bertz CT molecular complexity index is 1280. The Kier molecular flexibility index (Phi) is 8.39. The minimum Gasteiger partial charge on any atom is -0.493 e. The highest BCUT2D eigenvalue weighted by atomic mass is 32.2. The molecule has 1 heterocycles. The van der Waals surface area contributed by atoms with Crippen molar-refractivity contribution in [1.29, 1.82) is 0 Å². The summed E-state index contributed by atoms with van der Waals surface area (Å²) in [6, 6.07) is 13.1. The number of hydrogen-bond donors (Lipinski definition) is 3. The summed E-state index contributed by atoms with van der Waals surface area (Å²) in [4.78, 5) is 27.8. The number of nitrogens with one attached hydrogen (secondary N) is 3. The number of sulfonamides is 1. The number of nitrogens with zero attached hydrogens (tertiary/aromatic N) is 1. The van der Waals surface area contributed by atoms with Gasteiger partial charge < -0.3 is 20.1 Å². The molecule has 35 heavy (non-hydrogen) atoms. The zero-order chi connectivity index (χ0) is 25.4. The molecule has 0 spiro atoms. The van der Waals surface area contributed by atoms with Crippen LogP contribution < -0.4 is 24.8 Å². The third-order valence-electron chi connectivity index (χ3n) is 4.76. The smallest absolute Gasteiger partial charge is 0.242 e. The Hall–Kier alpha value is -3.96. The van der Waals surface area contributed by atoms with Gasteiger partial charge in [0.05, 0.1) is 18.0 Å². The van der Waals surface area contributed by atoms with E-state index in [1.165, 1.54) is 45.2 Å². The van der Waals surface area contributed by atoms with Gasteiger partial charge in [-0.15, -0.1) is 0 Å². The number of ether oxygens (including phenoxy) is 2. The first-order valence-electron chi connectivity index (χ1n) is 10.6. The lowest BCUT2D eigenvalue weighted by Crippen LogP contribution is -2.41. The largest absolute Gasteiger partial charge is 0.493 e. The molecule has 0 saturated heterocycles. The van der Waals surface area contributed by atoms with E-state index in [-0.39, 0.29) is 17.4 Å². The van der Waals surface area contributed by atoms with Crippen LogP contribution in [0.25, 0.3) is 0 Å². The average Bonchev–Trinajstić information content (AvgIpc) is 2.83. The van der Waals surface area contributed by atoms with Crippen LogP contribution in [0.1, 0.15) is 19.4 Å². The first-order chi connectivity index (χ1) is 16.7. The van der Waals surface area contributed by atoms with Gasteiger partial charge in [0, 0.05) is 42.3 Å². The number of carbonyl (C=O) groups is 2. The lowest BCUT2D eigenvalue weighted by molar-refractivity contribution is -0.117. The van der Waals surface area contributed by atoms with E-state index < -0.39 is 22.0 Å². The predicted molar refractivity (Wildman–Crippen MR) is 131 cm³/mol. The van der Waals surface area contributed by atoms with Crippen molar-refractivity contribution in [3.05, 3.63) is 72.6 Å². The molecule has 0 unspecified atom stereocenters. The van der Waals surface area contributed by atoms with E-state index in [9.17, 15) is 18.0 Å². The molecule has 1 aromatic heterocycles. The molecule has 0 saturated carbocycles. The van der Waals surface area contributed by atoms with Crippen molar-refractivity contribution < 1.29 is 27.5 Å². The second-order valence-electron chi connectivity index (χ2n) is 7.55. The van der Waals surface area contributed by atoms with Crippen LogP contribution in [0.4, 0.5) is 11.4 Å². The van der Waals surface area contributed by atoms with E-state index in [1.807, 2.05) is 6.07 Å². The van der Waals surface area contributed by atoms with Gasteiger partial charge in [-0.25, -0.2) is 8.42 Å². The zero-order valence-corrected chi connectivity index (χ0v) is 20.3. The third-order valence-corrected chi connectivity index (χ3v) is 6.32. The first kappa shape index (κ1) is 25.7. The number of amides is 2. The van der Waals surface area contributed by atoms with E-state index in [4.69, 9.17) is 9.47 Å². The molecule has 11 heteroatoms. The molecule has 0 aliphatic carbocycles. The summed E-state index contributed by atoms with van der Waals surface area (Å²) in [5.41, 5.74) is 1.73. The third kappa shape index (κ3) is 7.26. The summed E-state index contributed by atoms with van der Waals surface area (Å²) in [5, 5.41) is 5.24. The fourth-order valence-corrected chi connectivity index (χ4v) is 4.24. The fourth-order valence-electron chi connectivity index (χ4n) is 3.04. The molecule has 184 valence electrons. The standard InChI is InChI=1S/C24H26N4O6S/c1-16(28-35(31,32)21-9-6-19(7-10-21)26-17(2)29)24(30)27-20-8-11-22(33-3)23(13-20)34-15-18-5-4-12-25-14-18/h4-14,16,28H,15H2,1-3H3,(H,26,29)(H,27,30)/t16-/m0/s1. The number of hydrogen-bond acceptors (Lipinski definition) is 7. The van der Waals surface area contributed by atoms with Gasteiger partial charge in [0.1, 0.15) is 6.61 Å². The molecule has 3 N–H and O–H groups in total. The molecule has 2 aromatic carbocycles. The summed E-state index contributed by atoms with van der Waals surface area (Å²) >= 11 is 0. The summed E-state index contributed by atoms with van der Waals surface area (Å²) in [7, 11) is -2.47. The van der Waals surface area contributed by atoms with E-state index in [0.29, 0.717) is 22.9 Å². The van der Waals surface area contributed by atoms with Crippen LogP contribution in [0, 0.1) is 0 Å². The van der Waals surface area contributed by atoms with E-state index >= 15 is 0 Å². The topological polar surface area (TPSA) is 136 Å². The molecule has 3 aromatic rings. The van der Waals surface area contributed by atoms with Crippen molar-refractivity contribution in [2.45, 2.75) is 31.4 Å². The van der Waals surface area contributed by atoms with Gasteiger partial charge in [0.25, 0.3) is 0 Å². The molecule has 0 fully saturated rings. The molecule has 2 amide bonds. The van der Waals surface area contributed by atoms with Gasteiger partial charge in [-0.05, 0) is 49.4 Å². The van der Waals surface area contributed by atoms with Crippen molar-refractivity contribution >= 4 is 33.2 Å². The second kappa shape index (κ2) is 11.4. The molecule has 3 rings (SSSR count). The van der Waals surface area contributed by atoms with Gasteiger partial charge >= 0.3 is 0 Å². The fraction of sp³-hybridized carbons (Fsp3) is 0.208. The molecule has 1 atom stereocenters. The van der Waals surface area contributed by atoms with Crippen molar-refractivity contribution in [1.82, 2.24) is 9.71 Å². The van der Waals surface area contributed by atoms with Crippen molar-refractivity contribution in [2.75, 3.05) is 17.7 Å². The van der Waals surface area contributed by atoms with Gasteiger partial charge in [-0.2, -0.15) is 4.72 Å². The Balaban J connectivity index is 1.65. The summed E-state index contributed by atoms with van der Waals surface area (Å²) in [6.07, 6.45) is 3.34. The lowest BCUT2D eigenvalue weighted by Gasteiger charge is -2.16. The quantitative estimate of drug-likeness (QED) is 0.391. The van der Waals surface area contributed by atoms with Crippen LogP contribution in [-0.2, 0) is 26.2 Å². The molecule has 0 bridgehead atoms. The van der Waals surface area contributed by atoms with Crippen LogP contribution in [-0.4, -0.2) is 38.4 Å². The highest BCUT2D eigenvalue weighted by molar-refractivity contribution is 7.89. The van der Waals surface area contributed by atoms with Crippen molar-refractivity contribution in [3.8, 4) is 11.5 Å². The zero-order valence-electron chi connectivity index (χ0n) is 19.4. The van der Waals surface area contributed by atoms with Crippen LogP contribution in [0.2, 0.25) is 0 Å². The SMILES string of the molecule is COc1ccc(NC(=O)[C@H](C)NS(=O)(=O)c2ccc(NC(C)=O)cc2)cc1OCc1cccnc1. The normalized spacial score (nSPS) is 11.9. The van der Waals surface area contributed by atoms with Crippen molar-refractivity contribution in [2.24, 2.45) is 0 Å². The molecule has 0 aliphatic heterocycles. The van der Waals surface area contributed by atoms with Crippen LogP contribution in [0.15, 0.2) is 71.9 Å². The molecular weight excluding hydrogens is 472 g/mol. The number of methoxy groups -OCH3 is 1. The number of aromatic nitrogens is 1. The van der Waals surface area contributed by atoms with Gasteiger partial charge in [-0.3, -0.25) is 14.6 Å². The predicted octanol–water partition coefficient (Wildman–Crippen LogP) is 2.93. The van der Waals surface area contributed by atoms with Gasteiger partial charge in [-0.1, -0.05) is 6.07 Å². The number of benzene rings is 2. The Morgan fingerprint density at radius 1 is 1.00 bits per heavy atom. The highest BCUT2D eigenvalue weighted by Crippen LogP contribution is 2.31. The first-order valence-corrected chi connectivity index (χ1v) is 12.1. The molecule has 10 nitrogen and oxygen atoms in total. The number of carbonyl (C=O) groups excluding carboxylic acids is 2. The maximum atomic E-state index is 12.7. The Morgan fingerprint density at radius 2 is 1.71 bits per heavy atom. The Morgan fingerprint density at radius 3 is 2.34 bits per heavy atom. The lowest BCUT2D eigenvalue weighted by atomic mass is 10.2. The minimum atomic E-state index is -3.97. The average molecular weight is 499 g/mol. The second-order valence-corrected chi connectivity index (χ2v) is 9.27. The summed E-state index contributed by atoms with van der Waals surface area (Å²) in [6.45, 7) is 3.03. The summed E-state index contributed by atoms with van der Waals surface area (Å²) < 4.78 is 38.8. The molecular formula is C24H26N4O6S.